The molecule has 172 valence electrons. The fourth-order valence-electron chi connectivity index (χ4n) is 3.72. The maximum atomic E-state index is 12.9. The number of aryl methyl sites for hydroxylation is 1. The number of carbonyl (C=O) groups is 2. The molecule has 11 nitrogen and oxygen atoms in total. The highest BCUT2D eigenvalue weighted by molar-refractivity contribution is 6.06. The molecule has 0 unspecified atom stereocenters. The van der Waals surface area contributed by atoms with Crippen LogP contribution in [0.3, 0.4) is 0 Å². The van der Waals surface area contributed by atoms with Gasteiger partial charge in [0.25, 0.3) is 11.8 Å². The number of carbonyl (C=O) groups excluding carboxylic acids is 2. The smallest absolute Gasteiger partial charge is 0.336 e. The largest absolute Gasteiger partial charge is 0.502 e. The highest BCUT2D eigenvalue weighted by Crippen LogP contribution is 2.23. The molecule has 0 radical (unpaired) electrons. The van der Waals surface area contributed by atoms with Gasteiger partial charge in [0.1, 0.15) is 17.8 Å². The number of aromatic nitrogens is 1. The van der Waals surface area contributed by atoms with Crippen molar-refractivity contribution >= 4 is 28.5 Å². The van der Waals surface area contributed by atoms with E-state index in [1.54, 1.807) is 31.1 Å². The second-order valence-electron chi connectivity index (χ2n) is 7.69. The molecule has 0 atom stereocenters. The molecule has 0 aliphatic carbocycles. The van der Waals surface area contributed by atoms with Crippen LogP contribution in [0.1, 0.15) is 26.4 Å². The number of hydrogen-bond donors (Lipinski definition) is 2. The van der Waals surface area contributed by atoms with E-state index < -0.39 is 28.6 Å². The Morgan fingerprint density at radius 2 is 2.00 bits per heavy atom. The molecular formula is C22H22N4O7. The van der Waals surface area contributed by atoms with Gasteiger partial charge in [0, 0.05) is 50.1 Å². The molecule has 0 spiro atoms. The summed E-state index contributed by atoms with van der Waals surface area (Å²) >= 11 is 0. The number of aromatic hydroxyl groups is 1. The molecule has 1 aromatic carbocycles. The van der Waals surface area contributed by atoms with E-state index in [9.17, 15) is 24.3 Å². The summed E-state index contributed by atoms with van der Waals surface area (Å²) in [6, 6.07) is 6.13. The minimum absolute atomic E-state index is 0.168. The van der Waals surface area contributed by atoms with Crippen molar-refractivity contribution in [3.63, 3.8) is 0 Å². The topological polar surface area (TPSA) is 134 Å². The summed E-state index contributed by atoms with van der Waals surface area (Å²) in [5.74, 6) is -2.16. The summed E-state index contributed by atoms with van der Waals surface area (Å²) < 4.78 is 11.5. The Bertz CT molecular complexity index is 1390. The quantitative estimate of drug-likeness (QED) is 0.542. The van der Waals surface area contributed by atoms with Crippen LogP contribution in [0.15, 0.2) is 44.5 Å². The van der Waals surface area contributed by atoms with Gasteiger partial charge in [-0.25, -0.2) is 4.79 Å². The van der Waals surface area contributed by atoms with Crippen LogP contribution in [0.5, 0.6) is 5.75 Å². The highest BCUT2D eigenvalue weighted by atomic mass is 16.5. The molecule has 2 N–H and O–H groups in total. The Hall–Kier alpha value is -4.12. The van der Waals surface area contributed by atoms with Crippen LogP contribution >= 0.6 is 0 Å². The molecule has 0 bridgehead atoms. The van der Waals surface area contributed by atoms with Crippen molar-refractivity contribution in [1.82, 2.24) is 9.58 Å². The summed E-state index contributed by atoms with van der Waals surface area (Å²) in [5, 5.41) is 15.4. The molecule has 33 heavy (non-hydrogen) atoms. The Morgan fingerprint density at radius 3 is 2.73 bits per heavy atom. The first-order chi connectivity index (χ1) is 15.7. The Kier molecular flexibility index (Phi) is 5.64. The minimum atomic E-state index is -0.975. The van der Waals surface area contributed by atoms with E-state index in [0.29, 0.717) is 5.39 Å². The number of methoxy groups -OCH3 is 1. The van der Waals surface area contributed by atoms with E-state index in [-0.39, 0.29) is 42.3 Å². The SMILES string of the molecule is COCCN1CN(C)n2cc(C(=O)Nc3ccc4c(C)cc(=O)oc4c3)c(=O)c(O)c2C1=O. The van der Waals surface area contributed by atoms with E-state index >= 15 is 0 Å². The van der Waals surface area contributed by atoms with Crippen LogP contribution in [0.25, 0.3) is 11.0 Å². The van der Waals surface area contributed by atoms with Gasteiger partial charge in [-0.3, -0.25) is 24.1 Å². The zero-order chi connectivity index (χ0) is 23.9. The molecule has 0 saturated heterocycles. The van der Waals surface area contributed by atoms with E-state index in [1.165, 1.54) is 35.0 Å². The van der Waals surface area contributed by atoms with E-state index in [1.807, 2.05) is 0 Å². The Labute approximate surface area is 187 Å². The normalized spacial score (nSPS) is 13.4. The highest BCUT2D eigenvalue weighted by Gasteiger charge is 2.33. The lowest BCUT2D eigenvalue weighted by Crippen LogP contribution is -2.53. The molecule has 3 aromatic rings. The van der Waals surface area contributed by atoms with Gasteiger partial charge in [-0.2, -0.15) is 0 Å². The van der Waals surface area contributed by atoms with Gasteiger partial charge >= 0.3 is 5.63 Å². The maximum absolute atomic E-state index is 12.9. The lowest BCUT2D eigenvalue weighted by Gasteiger charge is -2.37. The summed E-state index contributed by atoms with van der Waals surface area (Å²) in [4.78, 5) is 51.5. The minimum Gasteiger partial charge on any atom is -0.502 e. The number of benzene rings is 1. The predicted molar refractivity (Wildman–Crippen MR) is 119 cm³/mol. The second-order valence-corrected chi connectivity index (χ2v) is 7.69. The third-order valence-corrected chi connectivity index (χ3v) is 5.42. The van der Waals surface area contributed by atoms with Gasteiger partial charge in [-0.05, 0) is 24.6 Å². The van der Waals surface area contributed by atoms with Crippen LogP contribution in [0.4, 0.5) is 5.69 Å². The zero-order valence-electron chi connectivity index (χ0n) is 18.2. The first-order valence-electron chi connectivity index (χ1n) is 10.1. The van der Waals surface area contributed by atoms with Gasteiger partial charge in [0.15, 0.2) is 11.4 Å². The van der Waals surface area contributed by atoms with Gasteiger partial charge < -0.3 is 24.5 Å². The number of fused-ring (bicyclic) bond motifs is 2. The van der Waals surface area contributed by atoms with Gasteiger partial charge in [0.2, 0.25) is 5.43 Å². The summed E-state index contributed by atoms with van der Waals surface area (Å²) in [7, 11) is 3.15. The van der Waals surface area contributed by atoms with Crippen molar-refractivity contribution in [3.8, 4) is 5.75 Å². The number of pyridine rings is 1. The average molecular weight is 454 g/mol. The molecule has 4 rings (SSSR count). The van der Waals surface area contributed by atoms with Gasteiger partial charge in [-0.15, -0.1) is 0 Å². The summed E-state index contributed by atoms with van der Waals surface area (Å²) in [5.41, 5.74) is -0.784. The molecule has 0 fully saturated rings. The third kappa shape index (κ3) is 3.94. The van der Waals surface area contributed by atoms with Crippen molar-refractivity contribution in [2.45, 2.75) is 6.92 Å². The second kappa shape index (κ2) is 8.43. The van der Waals surface area contributed by atoms with Crippen LogP contribution < -0.4 is 21.4 Å². The van der Waals surface area contributed by atoms with Crippen molar-refractivity contribution in [3.05, 3.63) is 67.9 Å². The molecule has 1 aliphatic rings. The van der Waals surface area contributed by atoms with Crippen molar-refractivity contribution in [1.29, 1.82) is 0 Å². The number of ether oxygens (including phenoxy) is 1. The standard InChI is InChI=1S/C22H22N4O7/c1-12-8-17(27)33-16-9-13(4-5-14(12)16)23-21(30)15-10-26-18(20(29)19(15)28)22(31)25(6-7-32-3)11-24(26)2/h4-5,8-10,29H,6-7,11H2,1-3H3,(H,23,30). The molecule has 1 aliphatic heterocycles. The molecule has 2 amide bonds. The van der Waals surface area contributed by atoms with Gasteiger partial charge in [0.05, 0.1) is 6.61 Å². The number of amides is 2. The summed E-state index contributed by atoms with van der Waals surface area (Å²) in [6.45, 7) is 2.49. The zero-order valence-corrected chi connectivity index (χ0v) is 18.2. The maximum Gasteiger partial charge on any atom is 0.336 e. The summed E-state index contributed by atoms with van der Waals surface area (Å²) in [6.07, 6.45) is 1.21. The average Bonchev–Trinajstić information content (AvgIpc) is 2.76. The molecule has 11 heteroatoms. The van der Waals surface area contributed by atoms with Crippen LogP contribution in [-0.2, 0) is 4.74 Å². The van der Waals surface area contributed by atoms with E-state index in [2.05, 4.69) is 5.32 Å². The number of nitrogens with one attached hydrogen (secondary N) is 1. The van der Waals surface area contributed by atoms with Crippen molar-refractivity contribution in [2.24, 2.45) is 0 Å². The Morgan fingerprint density at radius 1 is 1.24 bits per heavy atom. The lowest BCUT2D eigenvalue weighted by molar-refractivity contribution is 0.0629. The fourth-order valence-corrected chi connectivity index (χ4v) is 3.72. The molecular weight excluding hydrogens is 432 g/mol. The first-order valence-corrected chi connectivity index (χ1v) is 10.1. The first kappa shape index (κ1) is 22.1. The number of anilines is 1. The van der Waals surface area contributed by atoms with Crippen molar-refractivity contribution < 1.29 is 23.8 Å². The molecule has 2 aromatic heterocycles. The monoisotopic (exact) mass is 454 g/mol. The lowest BCUT2D eigenvalue weighted by atomic mass is 10.1. The van der Waals surface area contributed by atoms with E-state index in [4.69, 9.17) is 9.15 Å². The third-order valence-electron chi connectivity index (χ3n) is 5.42. The van der Waals surface area contributed by atoms with E-state index in [0.717, 1.165) is 5.56 Å². The molecule has 0 saturated carbocycles. The van der Waals surface area contributed by atoms with Crippen LogP contribution in [-0.4, -0.2) is 60.5 Å². The van der Waals surface area contributed by atoms with Crippen molar-refractivity contribution in [2.75, 3.05) is 44.3 Å². The van der Waals surface area contributed by atoms with Crippen LogP contribution in [0.2, 0.25) is 0 Å². The molecule has 3 heterocycles. The van der Waals surface area contributed by atoms with Gasteiger partial charge in [-0.1, -0.05) is 0 Å². The number of hydrogen-bond acceptors (Lipinski definition) is 8. The number of nitrogens with zero attached hydrogens (tertiary/aromatic N) is 3. The predicted octanol–water partition coefficient (Wildman–Crippen LogP) is 0.849. The van der Waals surface area contributed by atoms with Crippen LogP contribution in [0, 0.1) is 6.92 Å². The fraction of sp³-hybridized carbons (Fsp3) is 0.273. The Balaban J connectivity index is 1.69. The number of rotatable bonds is 5.